The summed E-state index contributed by atoms with van der Waals surface area (Å²) >= 11 is 0. The van der Waals surface area contributed by atoms with Gasteiger partial charge in [-0.25, -0.2) is 17.2 Å². The lowest BCUT2D eigenvalue weighted by atomic mass is 10.2. The summed E-state index contributed by atoms with van der Waals surface area (Å²) in [4.78, 5) is 12.8. The number of nitrogens with one attached hydrogen (secondary N) is 1. The van der Waals surface area contributed by atoms with E-state index in [1.807, 2.05) is 0 Å². The Morgan fingerprint density at radius 3 is 2.11 bits per heavy atom. The Bertz CT molecular complexity index is 1030. The number of anilines is 1. The molecule has 0 radical (unpaired) electrons. The van der Waals surface area contributed by atoms with E-state index in [4.69, 9.17) is 10.5 Å². The van der Waals surface area contributed by atoms with Crippen LogP contribution in [0, 0.1) is 34.3 Å². The zero-order chi connectivity index (χ0) is 20.0. The van der Waals surface area contributed by atoms with Crippen molar-refractivity contribution in [2.24, 2.45) is 0 Å². The molecule has 2 aromatic rings. The van der Waals surface area contributed by atoms with Gasteiger partial charge in [0.1, 0.15) is 13.1 Å². The molecule has 7 nitrogen and oxygen atoms in total. The summed E-state index contributed by atoms with van der Waals surface area (Å²) in [6, 6.07) is 10.9. The molecule has 0 fully saturated rings. The van der Waals surface area contributed by atoms with Crippen LogP contribution in [0.25, 0.3) is 0 Å². The number of sulfonamides is 1. The number of amides is 1. The highest BCUT2D eigenvalue weighted by Crippen LogP contribution is 2.19. The second kappa shape index (κ2) is 8.25. The van der Waals surface area contributed by atoms with E-state index in [1.165, 1.54) is 24.3 Å². The van der Waals surface area contributed by atoms with Gasteiger partial charge in [0, 0.05) is 11.3 Å². The van der Waals surface area contributed by atoms with Gasteiger partial charge >= 0.3 is 0 Å². The van der Waals surface area contributed by atoms with Gasteiger partial charge in [-0.05, 0) is 42.5 Å². The lowest BCUT2D eigenvalue weighted by Crippen LogP contribution is -2.31. The smallest absolute Gasteiger partial charge is 0.261 e. The summed E-state index contributed by atoms with van der Waals surface area (Å²) in [6.07, 6.45) is 0. The van der Waals surface area contributed by atoms with Crippen LogP contribution in [0.2, 0.25) is 0 Å². The van der Waals surface area contributed by atoms with E-state index >= 15 is 0 Å². The van der Waals surface area contributed by atoms with E-state index in [1.54, 1.807) is 12.1 Å². The van der Waals surface area contributed by atoms with Gasteiger partial charge in [-0.3, -0.25) is 9.52 Å². The molecule has 2 aromatic carbocycles. The molecular weight excluding hydrogens is 378 g/mol. The van der Waals surface area contributed by atoms with Crippen LogP contribution in [0.15, 0.2) is 47.4 Å². The molecule has 0 spiro atoms. The number of rotatable bonds is 6. The third-order valence-electron chi connectivity index (χ3n) is 3.40. The molecule has 0 aliphatic heterocycles. The third kappa shape index (κ3) is 4.77. The lowest BCUT2D eigenvalue weighted by molar-refractivity contribution is 0.0794. The maximum atomic E-state index is 13.2. The molecule has 0 aliphatic rings. The van der Waals surface area contributed by atoms with Crippen molar-refractivity contribution < 1.29 is 22.0 Å². The van der Waals surface area contributed by atoms with Crippen LogP contribution in [0.5, 0.6) is 0 Å². The molecule has 27 heavy (non-hydrogen) atoms. The van der Waals surface area contributed by atoms with Crippen LogP contribution >= 0.6 is 0 Å². The van der Waals surface area contributed by atoms with Crippen molar-refractivity contribution in [3.63, 3.8) is 0 Å². The quantitative estimate of drug-likeness (QED) is 0.760. The average molecular weight is 390 g/mol. The van der Waals surface area contributed by atoms with Crippen LogP contribution in [0.4, 0.5) is 14.5 Å². The number of hydrogen-bond donors (Lipinski definition) is 1. The van der Waals surface area contributed by atoms with Crippen molar-refractivity contribution in [2.45, 2.75) is 4.90 Å². The zero-order valence-corrected chi connectivity index (χ0v) is 14.5. The van der Waals surface area contributed by atoms with Crippen molar-refractivity contribution in [2.75, 3.05) is 17.8 Å². The Morgan fingerprint density at radius 2 is 1.59 bits per heavy atom. The molecule has 1 amide bonds. The molecule has 0 saturated heterocycles. The standard InChI is InChI=1S/C17H12F2N4O3S/c18-15-6-5-14(11-16(15)19)27(25,26)22-13-3-1-12(2-4-13)17(24)23(9-7-20)10-8-21/h1-6,11,22H,9-10H2. The molecule has 0 heterocycles. The van der Waals surface area contributed by atoms with Gasteiger partial charge in [-0.15, -0.1) is 0 Å². The van der Waals surface area contributed by atoms with Crippen LogP contribution in [0.1, 0.15) is 10.4 Å². The normalized spacial score (nSPS) is 10.5. The van der Waals surface area contributed by atoms with Gasteiger partial charge in [0.25, 0.3) is 15.9 Å². The highest BCUT2D eigenvalue weighted by atomic mass is 32.2. The number of nitrogens with zero attached hydrogens (tertiary/aromatic N) is 3. The Balaban J connectivity index is 2.20. The fourth-order valence-corrected chi connectivity index (χ4v) is 3.16. The third-order valence-corrected chi connectivity index (χ3v) is 4.77. The summed E-state index contributed by atoms with van der Waals surface area (Å²) in [6.45, 7) is -0.534. The van der Waals surface area contributed by atoms with Gasteiger partial charge in [0.05, 0.1) is 17.0 Å². The summed E-state index contributed by atoms with van der Waals surface area (Å²) in [5.41, 5.74) is 0.236. The molecule has 0 aliphatic carbocycles. The topological polar surface area (TPSA) is 114 Å². The molecule has 0 saturated carbocycles. The maximum absolute atomic E-state index is 13.2. The fourth-order valence-electron chi connectivity index (χ4n) is 2.09. The number of nitriles is 2. The van der Waals surface area contributed by atoms with Crippen molar-refractivity contribution in [1.29, 1.82) is 10.5 Å². The lowest BCUT2D eigenvalue weighted by Gasteiger charge is -2.16. The Kier molecular flexibility index (Phi) is 6.06. The van der Waals surface area contributed by atoms with E-state index in [9.17, 15) is 22.0 Å². The number of carbonyl (C=O) groups is 1. The van der Waals surface area contributed by atoms with Gasteiger partial charge in [0.15, 0.2) is 11.6 Å². The first kappa shape index (κ1) is 19.8. The fraction of sp³-hybridized carbons (Fsp3) is 0.118. The van der Waals surface area contributed by atoms with E-state index in [2.05, 4.69) is 4.72 Å². The second-order valence-electron chi connectivity index (χ2n) is 5.24. The molecule has 0 bridgehead atoms. The van der Waals surface area contributed by atoms with Gasteiger partial charge < -0.3 is 4.90 Å². The largest absolute Gasteiger partial charge is 0.312 e. The summed E-state index contributed by atoms with van der Waals surface area (Å²) in [7, 11) is -4.16. The predicted molar refractivity (Wildman–Crippen MR) is 90.7 cm³/mol. The van der Waals surface area contributed by atoms with Crippen molar-refractivity contribution in [3.05, 3.63) is 59.7 Å². The Morgan fingerprint density at radius 1 is 1.00 bits per heavy atom. The SMILES string of the molecule is N#CCN(CC#N)C(=O)c1ccc(NS(=O)(=O)c2ccc(F)c(F)c2)cc1. The first-order valence-corrected chi connectivity index (χ1v) is 8.88. The minimum Gasteiger partial charge on any atom is -0.312 e. The number of hydrogen-bond acceptors (Lipinski definition) is 5. The number of benzene rings is 2. The molecule has 138 valence electrons. The van der Waals surface area contributed by atoms with E-state index < -0.39 is 32.5 Å². The summed E-state index contributed by atoms with van der Waals surface area (Å²) in [5, 5.41) is 17.4. The first-order valence-electron chi connectivity index (χ1n) is 7.39. The zero-order valence-electron chi connectivity index (χ0n) is 13.7. The molecule has 0 aromatic heterocycles. The molecular formula is C17H12F2N4O3S. The highest BCUT2D eigenvalue weighted by molar-refractivity contribution is 7.92. The maximum Gasteiger partial charge on any atom is 0.261 e. The second-order valence-corrected chi connectivity index (χ2v) is 6.92. The van der Waals surface area contributed by atoms with E-state index in [0.29, 0.717) is 12.1 Å². The monoisotopic (exact) mass is 390 g/mol. The van der Waals surface area contributed by atoms with Gasteiger partial charge in [0.2, 0.25) is 0 Å². The van der Waals surface area contributed by atoms with E-state index in [-0.39, 0.29) is 24.3 Å². The molecule has 0 atom stereocenters. The van der Waals surface area contributed by atoms with Crippen LogP contribution < -0.4 is 4.72 Å². The van der Waals surface area contributed by atoms with Crippen LogP contribution in [-0.2, 0) is 10.0 Å². The highest BCUT2D eigenvalue weighted by Gasteiger charge is 2.18. The molecule has 2 rings (SSSR count). The number of halogens is 2. The number of carbonyl (C=O) groups excluding carboxylic acids is 1. The van der Waals surface area contributed by atoms with E-state index in [0.717, 1.165) is 11.0 Å². The molecule has 0 unspecified atom stereocenters. The Labute approximate surface area is 154 Å². The van der Waals surface area contributed by atoms with Gasteiger partial charge in [-0.2, -0.15) is 10.5 Å². The summed E-state index contributed by atoms with van der Waals surface area (Å²) in [5.74, 6) is -3.03. The van der Waals surface area contributed by atoms with Crippen molar-refractivity contribution >= 4 is 21.6 Å². The minimum atomic E-state index is -4.16. The first-order chi connectivity index (χ1) is 12.8. The minimum absolute atomic E-state index is 0.0865. The van der Waals surface area contributed by atoms with Crippen LogP contribution in [-0.4, -0.2) is 32.3 Å². The molecule has 10 heteroatoms. The summed E-state index contributed by atoms with van der Waals surface area (Å²) < 4.78 is 52.8. The predicted octanol–water partition coefficient (Wildman–Crippen LogP) is 2.25. The van der Waals surface area contributed by atoms with Crippen LogP contribution in [0.3, 0.4) is 0 Å². The average Bonchev–Trinajstić information content (AvgIpc) is 2.63. The van der Waals surface area contributed by atoms with Gasteiger partial charge in [-0.1, -0.05) is 0 Å². The Hall–Kier alpha value is -3.50. The molecule has 1 N–H and O–H groups in total. The van der Waals surface area contributed by atoms with Crippen molar-refractivity contribution in [3.8, 4) is 12.1 Å². The van der Waals surface area contributed by atoms with Crippen molar-refractivity contribution in [1.82, 2.24) is 4.90 Å².